The molecule has 1 amide bonds. The molecule has 1 aromatic heterocycles. The highest BCUT2D eigenvalue weighted by molar-refractivity contribution is 6.05. The van der Waals surface area contributed by atoms with Crippen LogP contribution in [0.1, 0.15) is 27.6 Å². The molecule has 4 aromatic rings. The lowest BCUT2D eigenvalue weighted by molar-refractivity contribution is -0.145. The molecule has 1 saturated heterocycles. The third kappa shape index (κ3) is 4.93. The SMILES string of the molecule is Cc1ccc2nc(-c3ccccc3)cc(C(=O)O[C@H](C(=O)N3CCOCC3)c3ccccc3)c2c1. The molecular formula is C29H26N2O4. The average molecular weight is 467 g/mol. The molecule has 5 rings (SSSR count). The van der Waals surface area contributed by atoms with Crippen LogP contribution in [-0.2, 0) is 14.3 Å². The highest BCUT2D eigenvalue weighted by Gasteiger charge is 2.31. The van der Waals surface area contributed by atoms with Crippen LogP contribution in [0.25, 0.3) is 22.2 Å². The predicted octanol–water partition coefficient (Wildman–Crippen LogP) is 4.97. The van der Waals surface area contributed by atoms with Gasteiger partial charge in [0, 0.05) is 29.6 Å². The number of pyridine rings is 1. The van der Waals surface area contributed by atoms with E-state index in [1.54, 1.807) is 23.1 Å². The number of fused-ring (bicyclic) bond motifs is 1. The second kappa shape index (κ2) is 10.1. The highest BCUT2D eigenvalue weighted by Crippen LogP contribution is 2.29. The molecule has 1 aliphatic rings. The van der Waals surface area contributed by atoms with Crippen molar-refractivity contribution in [2.24, 2.45) is 0 Å². The zero-order valence-corrected chi connectivity index (χ0v) is 19.5. The molecule has 0 unspecified atom stereocenters. The van der Waals surface area contributed by atoms with E-state index in [2.05, 4.69) is 0 Å². The first-order valence-electron chi connectivity index (χ1n) is 11.7. The fourth-order valence-corrected chi connectivity index (χ4v) is 4.27. The van der Waals surface area contributed by atoms with Gasteiger partial charge in [-0.05, 0) is 25.1 Å². The van der Waals surface area contributed by atoms with Gasteiger partial charge in [0.15, 0.2) is 0 Å². The van der Waals surface area contributed by atoms with Crippen LogP contribution in [0.3, 0.4) is 0 Å². The molecule has 35 heavy (non-hydrogen) atoms. The lowest BCUT2D eigenvalue weighted by atomic mass is 10.0. The summed E-state index contributed by atoms with van der Waals surface area (Å²) < 4.78 is 11.4. The van der Waals surface area contributed by atoms with Gasteiger partial charge < -0.3 is 14.4 Å². The van der Waals surface area contributed by atoms with Crippen LogP contribution < -0.4 is 0 Å². The Labute approximate surface area is 204 Å². The normalized spacial score (nSPS) is 14.5. The number of rotatable bonds is 5. The largest absolute Gasteiger partial charge is 0.444 e. The zero-order valence-electron chi connectivity index (χ0n) is 19.5. The number of carbonyl (C=O) groups excluding carboxylic acids is 2. The van der Waals surface area contributed by atoms with Crippen molar-refractivity contribution in [1.29, 1.82) is 0 Å². The molecule has 3 aromatic carbocycles. The van der Waals surface area contributed by atoms with Crippen molar-refractivity contribution in [2.75, 3.05) is 26.3 Å². The summed E-state index contributed by atoms with van der Waals surface area (Å²) in [5, 5.41) is 0.695. The van der Waals surface area contributed by atoms with E-state index in [1.807, 2.05) is 73.7 Å². The van der Waals surface area contributed by atoms with Crippen LogP contribution in [0, 0.1) is 6.92 Å². The molecule has 1 aliphatic heterocycles. The summed E-state index contributed by atoms with van der Waals surface area (Å²) in [6, 6.07) is 26.4. The summed E-state index contributed by atoms with van der Waals surface area (Å²) in [7, 11) is 0. The molecule has 0 bridgehead atoms. The van der Waals surface area contributed by atoms with Gasteiger partial charge in [0.05, 0.1) is 30.0 Å². The van der Waals surface area contributed by atoms with Crippen molar-refractivity contribution in [2.45, 2.75) is 13.0 Å². The number of nitrogens with zero attached hydrogens (tertiary/aromatic N) is 2. The summed E-state index contributed by atoms with van der Waals surface area (Å²) in [6.45, 7) is 3.84. The number of esters is 1. The third-order valence-electron chi connectivity index (χ3n) is 6.13. The van der Waals surface area contributed by atoms with Crippen molar-refractivity contribution in [3.8, 4) is 11.3 Å². The fourth-order valence-electron chi connectivity index (χ4n) is 4.27. The Morgan fingerprint density at radius 1 is 0.914 bits per heavy atom. The summed E-state index contributed by atoms with van der Waals surface area (Å²) in [5.41, 5.74) is 4.28. The number of morpholine rings is 1. The van der Waals surface area contributed by atoms with Crippen LogP contribution in [0.2, 0.25) is 0 Å². The maximum Gasteiger partial charge on any atom is 0.340 e. The van der Waals surface area contributed by atoms with E-state index in [4.69, 9.17) is 14.5 Å². The van der Waals surface area contributed by atoms with E-state index in [9.17, 15) is 9.59 Å². The molecular weight excluding hydrogens is 440 g/mol. The Morgan fingerprint density at radius 2 is 1.60 bits per heavy atom. The van der Waals surface area contributed by atoms with Gasteiger partial charge in [-0.25, -0.2) is 9.78 Å². The van der Waals surface area contributed by atoms with Crippen molar-refractivity contribution in [1.82, 2.24) is 9.88 Å². The van der Waals surface area contributed by atoms with Gasteiger partial charge in [0.25, 0.3) is 5.91 Å². The Hall–Kier alpha value is -4.03. The molecule has 1 atom stereocenters. The lowest BCUT2D eigenvalue weighted by Gasteiger charge is -2.30. The number of aromatic nitrogens is 1. The summed E-state index contributed by atoms with van der Waals surface area (Å²) >= 11 is 0. The first kappa shape index (κ1) is 22.7. The van der Waals surface area contributed by atoms with E-state index >= 15 is 0 Å². The van der Waals surface area contributed by atoms with Gasteiger partial charge in [-0.1, -0.05) is 72.3 Å². The molecule has 0 saturated carbocycles. The molecule has 2 heterocycles. The third-order valence-corrected chi connectivity index (χ3v) is 6.13. The number of ether oxygens (including phenoxy) is 2. The Morgan fingerprint density at radius 3 is 2.31 bits per heavy atom. The van der Waals surface area contributed by atoms with Crippen LogP contribution in [0.5, 0.6) is 0 Å². The Balaban J connectivity index is 1.55. The highest BCUT2D eigenvalue weighted by atomic mass is 16.5. The molecule has 0 aliphatic carbocycles. The molecule has 0 spiro atoms. The van der Waals surface area contributed by atoms with Crippen LogP contribution in [0.4, 0.5) is 0 Å². The Kier molecular flexibility index (Phi) is 6.55. The first-order chi connectivity index (χ1) is 17.1. The second-order valence-corrected chi connectivity index (χ2v) is 8.58. The van der Waals surface area contributed by atoms with Crippen LogP contribution in [-0.4, -0.2) is 48.1 Å². The zero-order chi connectivity index (χ0) is 24.2. The molecule has 6 heteroatoms. The van der Waals surface area contributed by atoms with E-state index in [1.165, 1.54) is 0 Å². The van der Waals surface area contributed by atoms with Crippen molar-refractivity contribution >= 4 is 22.8 Å². The van der Waals surface area contributed by atoms with Gasteiger partial charge in [-0.15, -0.1) is 0 Å². The molecule has 0 N–H and O–H groups in total. The van der Waals surface area contributed by atoms with Crippen molar-refractivity contribution < 1.29 is 19.1 Å². The second-order valence-electron chi connectivity index (χ2n) is 8.58. The fraction of sp³-hybridized carbons (Fsp3) is 0.207. The van der Waals surface area contributed by atoms with E-state index in [-0.39, 0.29) is 5.91 Å². The number of benzene rings is 3. The smallest absolute Gasteiger partial charge is 0.340 e. The molecule has 1 fully saturated rings. The molecule has 6 nitrogen and oxygen atoms in total. The van der Waals surface area contributed by atoms with E-state index < -0.39 is 12.1 Å². The standard InChI is InChI=1S/C29H26N2O4/c1-20-12-13-25-23(18-20)24(19-26(30-25)21-8-4-2-5-9-21)29(33)35-27(22-10-6-3-7-11-22)28(32)31-14-16-34-17-15-31/h2-13,18-19,27H,14-17H2,1H3/t27-/m0/s1. The van der Waals surface area contributed by atoms with Gasteiger partial charge in [0.1, 0.15) is 0 Å². The van der Waals surface area contributed by atoms with Crippen LogP contribution in [0.15, 0.2) is 84.9 Å². The maximum absolute atomic E-state index is 13.7. The van der Waals surface area contributed by atoms with Crippen molar-refractivity contribution in [3.05, 3.63) is 102 Å². The number of hydrogen-bond donors (Lipinski definition) is 0. The number of amides is 1. The quantitative estimate of drug-likeness (QED) is 0.389. The van der Waals surface area contributed by atoms with Crippen molar-refractivity contribution in [3.63, 3.8) is 0 Å². The van der Waals surface area contributed by atoms with E-state index in [0.29, 0.717) is 54.0 Å². The number of hydrogen-bond acceptors (Lipinski definition) is 5. The monoisotopic (exact) mass is 466 g/mol. The average Bonchev–Trinajstić information content (AvgIpc) is 2.92. The first-order valence-corrected chi connectivity index (χ1v) is 11.7. The minimum Gasteiger partial charge on any atom is -0.444 e. The Bertz CT molecular complexity index is 1350. The molecule has 176 valence electrons. The maximum atomic E-state index is 13.7. The van der Waals surface area contributed by atoms with Gasteiger partial charge in [-0.2, -0.15) is 0 Å². The summed E-state index contributed by atoms with van der Waals surface area (Å²) in [4.78, 5) is 33.6. The van der Waals surface area contributed by atoms with Gasteiger partial charge in [0.2, 0.25) is 6.10 Å². The minimum atomic E-state index is -1.05. The van der Waals surface area contributed by atoms with E-state index in [0.717, 1.165) is 11.1 Å². The summed E-state index contributed by atoms with van der Waals surface area (Å²) in [5.74, 6) is -0.804. The lowest BCUT2D eigenvalue weighted by Crippen LogP contribution is -2.44. The topological polar surface area (TPSA) is 68.7 Å². The van der Waals surface area contributed by atoms with Crippen LogP contribution >= 0.6 is 0 Å². The molecule has 0 radical (unpaired) electrons. The van der Waals surface area contributed by atoms with Gasteiger partial charge >= 0.3 is 5.97 Å². The number of carbonyl (C=O) groups is 2. The number of aryl methyl sites for hydroxylation is 1. The summed E-state index contributed by atoms with van der Waals surface area (Å²) in [6.07, 6.45) is -1.05. The van der Waals surface area contributed by atoms with Gasteiger partial charge in [-0.3, -0.25) is 4.79 Å². The predicted molar refractivity (Wildman–Crippen MR) is 134 cm³/mol. The minimum absolute atomic E-state index is 0.245.